The van der Waals surface area contributed by atoms with Crippen LogP contribution in [0.3, 0.4) is 0 Å². The van der Waals surface area contributed by atoms with Gasteiger partial charge in [0.25, 0.3) is 0 Å². The summed E-state index contributed by atoms with van der Waals surface area (Å²) in [5.41, 5.74) is 0.621. The Morgan fingerprint density at radius 2 is 2.24 bits per heavy atom. The van der Waals surface area contributed by atoms with Gasteiger partial charge in [0.15, 0.2) is 0 Å². The fourth-order valence-electron chi connectivity index (χ4n) is 2.60. The number of pyridine rings is 1. The highest BCUT2D eigenvalue weighted by atomic mass is 79.9. The van der Waals surface area contributed by atoms with E-state index in [2.05, 4.69) is 20.9 Å². The van der Waals surface area contributed by atoms with E-state index >= 15 is 0 Å². The van der Waals surface area contributed by atoms with Crippen LogP contribution in [0.5, 0.6) is 0 Å². The van der Waals surface area contributed by atoms with E-state index in [0.29, 0.717) is 0 Å². The second-order valence-electron chi connectivity index (χ2n) is 6.46. The van der Waals surface area contributed by atoms with E-state index in [1.165, 1.54) is 0 Å². The number of carbonyl (C=O) groups is 1. The summed E-state index contributed by atoms with van der Waals surface area (Å²) >= 11 is 3.39. The molecule has 0 saturated carbocycles. The number of likely N-dealkylation sites (tertiary alicyclic amines) is 1. The van der Waals surface area contributed by atoms with Crippen LogP contribution in [0.25, 0.3) is 0 Å². The number of hydrogen-bond donors (Lipinski definition) is 0. The van der Waals surface area contributed by atoms with Crippen molar-refractivity contribution in [3.05, 3.63) is 28.5 Å². The first-order chi connectivity index (χ1) is 9.85. The molecule has 1 atom stereocenters. The molecule has 1 aromatic rings. The molecule has 1 fully saturated rings. The Balaban J connectivity index is 1.91. The third-order valence-corrected chi connectivity index (χ3v) is 3.95. The molecule has 4 nitrogen and oxygen atoms in total. The molecule has 2 rings (SSSR count). The van der Waals surface area contributed by atoms with Gasteiger partial charge in [0.1, 0.15) is 10.2 Å². The Labute approximate surface area is 135 Å². The summed E-state index contributed by atoms with van der Waals surface area (Å²) in [7, 11) is 0. The average Bonchev–Trinajstić information content (AvgIpc) is 2.83. The summed E-state index contributed by atoms with van der Waals surface area (Å²) in [5.74, 6) is 0. The minimum atomic E-state index is -0.434. The lowest BCUT2D eigenvalue weighted by atomic mass is 10.1. The van der Waals surface area contributed by atoms with Gasteiger partial charge in [-0.3, -0.25) is 0 Å². The Kier molecular flexibility index (Phi) is 5.25. The van der Waals surface area contributed by atoms with Crippen LogP contribution in [0.1, 0.15) is 45.7 Å². The Morgan fingerprint density at radius 1 is 1.48 bits per heavy atom. The van der Waals surface area contributed by atoms with Gasteiger partial charge in [-0.2, -0.15) is 0 Å². The van der Waals surface area contributed by atoms with Crippen molar-refractivity contribution in [1.82, 2.24) is 9.88 Å². The largest absolute Gasteiger partial charge is 0.444 e. The van der Waals surface area contributed by atoms with Gasteiger partial charge in [-0.15, -0.1) is 0 Å². The number of aryl methyl sites for hydroxylation is 1. The summed E-state index contributed by atoms with van der Waals surface area (Å²) < 4.78 is 6.34. The monoisotopic (exact) mass is 354 g/mol. The number of carbonyl (C=O) groups excluding carboxylic acids is 1. The molecule has 1 aliphatic rings. The second-order valence-corrected chi connectivity index (χ2v) is 7.27. The molecule has 2 heterocycles. The first-order valence-corrected chi connectivity index (χ1v) is 8.25. The lowest BCUT2D eigenvalue weighted by molar-refractivity contribution is 0.0220. The molecule has 0 radical (unpaired) electrons. The van der Waals surface area contributed by atoms with Crippen LogP contribution in [0, 0.1) is 0 Å². The van der Waals surface area contributed by atoms with Crippen molar-refractivity contribution >= 4 is 22.0 Å². The van der Waals surface area contributed by atoms with E-state index in [9.17, 15) is 4.79 Å². The molecule has 1 amide bonds. The minimum Gasteiger partial charge on any atom is -0.444 e. The molecular weight excluding hydrogens is 332 g/mol. The molecule has 116 valence electrons. The number of rotatable bonds is 3. The number of amides is 1. The third-order valence-electron chi connectivity index (χ3n) is 3.51. The highest BCUT2D eigenvalue weighted by Crippen LogP contribution is 2.24. The van der Waals surface area contributed by atoms with Gasteiger partial charge in [-0.25, -0.2) is 9.78 Å². The predicted molar refractivity (Wildman–Crippen MR) is 86.2 cm³/mol. The summed E-state index contributed by atoms with van der Waals surface area (Å²) in [5, 5.41) is 0. The van der Waals surface area contributed by atoms with Crippen LogP contribution in [0.4, 0.5) is 4.79 Å². The first-order valence-electron chi connectivity index (χ1n) is 7.46. The Morgan fingerprint density at radius 3 is 2.90 bits per heavy atom. The van der Waals surface area contributed by atoms with Crippen LogP contribution in [0.15, 0.2) is 22.8 Å². The summed E-state index contributed by atoms with van der Waals surface area (Å²) in [4.78, 5) is 18.5. The Bertz CT molecular complexity index is 499. The maximum absolute atomic E-state index is 12.2. The van der Waals surface area contributed by atoms with Crippen molar-refractivity contribution in [2.45, 2.75) is 58.1 Å². The number of ether oxygens (including phenoxy) is 1. The van der Waals surface area contributed by atoms with E-state index in [4.69, 9.17) is 4.74 Å². The van der Waals surface area contributed by atoms with Gasteiger partial charge in [-0.1, -0.05) is 6.07 Å². The molecule has 0 N–H and O–H groups in total. The zero-order valence-corrected chi connectivity index (χ0v) is 14.5. The quantitative estimate of drug-likeness (QED) is 0.764. The summed E-state index contributed by atoms with van der Waals surface area (Å²) in [6, 6.07) is 6.21. The van der Waals surface area contributed by atoms with Gasteiger partial charge in [0.05, 0.1) is 0 Å². The zero-order valence-electron chi connectivity index (χ0n) is 12.9. The minimum absolute atomic E-state index is 0.188. The fraction of sp³-hybridized carbons (Fsp3) is 0.625. The molecule has 5 heteroatoms. The lowest BCUT2D eigenvalue weighted by Crippen LogP contribution is -2.40. The van der Waals surface area contributed by atoms with Crippen LogP contribution >= 0.6 is 15.9 Å². The van der Waals surface area contributed by atoms with Gasteiger partial charge in [-0.05, 0) is 74.5 Å². The first kappa shape index (κ1) is 16.3. The molecule has 0 aromatic carbocycles. The van der Waals surface area contributed by atoms with Crippen molar-refractivity contribution in [3.63, 3.8) is 0 Å². The van der Waals surface area contributed by atoms with Gasteiger partial charge < -0.3 is 9.64 Å². The van der Waals surface area contributed by atoms with Crippen LogP contribution in [-0.2, 0) is 11.2 Å². The summed E-state index contributed by atoms with van der Waals surface area (Å²) in [6.45, 7) is 6.51. The van der Waals surface area contributed by atoms with Crippen LogP contribution in [-0.4, -0.2) is 34.2 Å². The van der Waals surface area contributed by atoms with Crippen molar-refractivity contribution in [1.29, 1.82) is 0 Å². The highest BCUT2D eigenvalue weighted by Gasteiger charge is 2.31. The fourth-order valence-corrected chi connectivity index (χ4v) is 2.98. The molecule has 1 aromatic heterocycles. The lowest BCUT2D eigenvalue weighted by Gasteiger charge is -2.28. The zero-order chi connectivity index (χ0) is 15.5. The molecule has 0 spiro atoms. The average molecular weight is 355 g/mol. The molecule has 0 bridgehead atoms. The molecular formula is C16H23BrN2O2. The smallest absolute Gasteiger partial charge is 0.410 e. The van der Waals surface area contributed by atoms with E-state index in [-0.39, 0.29) is 12.1 Å². The van der Waals surface area contributed by atoms with E-state index in [1.54, 1.807) is 0 Å². The summed E-state index contributed by atoms with van der Waals surface area (Å²) in [6.07, 6.45) is 3.72. The number of aromatic nitrogens is 1. The molecule has 1 aliphatic heterocycles. The normalized spacial score (nSPS) is 18.9. The van der Waals surface area contributed by atoms with E-state index < -0.39 is 5.60 Å². The molecule has 1 unspecified atom stereocenters. The van der Waals surface area contributed by atoms with Crippen molar-refractivity contribution in [2.24, 2.45) is 0 Å². The maximum atomic E-state index is 12.2. The number of halogens is 1. The van der Waals surface area contributed by atoms with Crippen LogP contribution < -0.4 is 0 Å². The van der Waals surface area contributed by atoms with Crippen molar-refractivity contribution in [2.75, 3.05) is 6.54 Å². The second kappa shape index (κ2) is 6.77. The number of nitrogens with zero attached hydrogens (tertiary/aromatic N) is 2. The highest BCUT2D eigenvalue weighted by molar-refractivity contribution is 9.10. The molecule has 21 heavy (non-hydrogen) atoms. The van der Waals surface area contributed by atoms with Crippen LogP contribution in [0.2, 0.25) is 0 Å². The Hall–Kier alpha value is -1.10. The van der Waals surface area contributed by atoms with Gasteiger partial charge in [0.2, 0.25) is 0 Å². The topological polar surface area (TPSA) is 42.4 Å². The van der Waals surface area contributed by atoms with Gasteiger partial charge >= 0.3 is 6.09 Å². The molecule has 0 aliphatic carbocycles. The van der Waals surface area contributed by atoms with E-state index in [1.807, 2.05) is 43.9 Å². The SMILES string of the molecule is CC(C)(C)OC(=O)N1CCCC1CCc1cccc(Br)n1. The standard InChI is InChI=1S/C16H23BrN2O2/c1-16(2,3)21-15(20)19-11-5-7-13(19)10-9-12-6-4-8-14(17)18-12/h4,6,8,13H,5,7,9-11H2,1-3H3. The number of hydrogen-bond acceptors (Lipinski definition) is 3. The van der Waals surface area contributed by atoms with Crippen molar-refractivity contribution in [3.8, 4) is 0 Å². The third kappa shape index (κ3) is 4.99. The van der Waals surface area contributed by atoms with Gasteiger partial charge in [0, 0.05) is 18.3 Å². The predicted octanol–water partition coefficient (Wildman–Crippen LogP) is 4.18. The molecule has 1 saturated heterocycles. The van der Waals surface area contributed by atoms with E-state index in [0.717, 1.165) is 42.5 Å². The van der Waals surface area contributed by atoms with Crippen molar-refractivity contribution < 1.29 is 9.53 Å². The maximum Gasteiger partial charge on any atom is 0.410 e.